The number of carbonyl (C=O) groups is 1. The van der Waals surface area contributed by atoms with E-state index in [2.05, 4.69) is 29.9 Å². The highest BCUT2D eigenvalue weighted by molar-refractivity contribution is 5.92. The summed E-state index contributed by atoms with van der Waals surface area (Å²) in [7, 11) is 0. The van der Waals surface area contributed by atoms with Gasteiger partial charge in [-0.3, -0.25) is 10.1 Å². The largest absolute Gasteiger partial charge is 0.354 e. The number of hydrogen-bond donors (Lipinski definition) is 1. The van der Waals surface area contributed by atoms with Crippen molar-refractivity contribution in [2.75, 3.05) is 23.3 Å². The number of benzene rings is 1. The SMILES string of the molecule is O=C(Nc1cc(-c2cccc(F)c2)no1)[C@@H]1CCCN(c2ncnc3c2nc2n3CCCCC2)C1. The molecule has 1 saturated heterocycles. The first kappa shape index (κ1) is 21.7. The van der Waals surface area contributed by atoms with Gasteiger partial charge >= 0.3 is 0 Å². The van der Waals surface area contributed by atoms with Crippen LogP contribution in [0.15, 0.2) is 41.2 Å². The molecule has 1 fully saturated rings. The van der Waals surface area contributed by atoms with Gasteiger partial charge in [-0.25, -0.2) is 19.3 Å². The van der Waals surface area contributed by atoms with Crippen LogP contribution in [0.25, 0.3) is 22.4 Å². The van der Waals surface area contributed by atoms with Gasteiger partial charge in [-0.2, -0.15) is 0 Å². The Bertz CT molecular complexity index is 1380. The van der Waals surface area contributed by atoms with Gasteiger partial charge in [-0.1, -0.05) is 23.7 Å². The summed E-state index contributed by atoms with van der Waals surface area (Å²) in [4.78, 5) is 29.2. The number of piperidine rings is 1. The summed E-state index contributed by atoms with van der Waals surface area (Å²) in [6, 6.07) is 7.70. The fourth-order valence-corrected chi connectivity index (χ4v) is 5.08. The monoisotopic (exact) mass is 475 g/mol. The summed E-state index contributed by atoms with van der Waals surface area (Å²) in [6.07, 6.45) is 7.66. The third-order valence-electron chi connectivity index (χ3n) is 6.84. The lowest BCUT2D eigenvalue weighted by Gasteiger charge is -2.32. The molecule has 0 bridgehead atoms. The van der Waals surface area contributed by atoms with Crippen molar-refractivity contribution < 1.29 is 13.7 Å². The van der Waals surface area contributed by atoms with Crippen molar-refractivity contribution in [1.29, 1.82) is 0 Å². The van der Waals surface area contributed by atoms with Gasteiger partial charge in [0, 0.05) is 37.7 Å². The van der Waals surface area contributed by atoms with E-state index in [9.17, 15) is 9.18 Å². The number of halogens is 1. The van der Waals surface area contributed by atoms with Crippen LogP contribution in [0.3, 0.4) is 0 Å². The van der Waals surface area contributed by atoms with Crippen molar-refractivity contribution in [3.8, 4) is 11.3 Å². The van der Waals surface area contributed by atoms with Crippen LogP contribution in [-0.2, 0) is 17.8 Å². The Kier molecular flexibility index (Phi) is 5.63. The molecule has 1 atom stereocenters. The Labute approximate surface area is 201 Å². The number of aromatic nitrogens is 5. The minimum atomic E-state index is -0.355. The van der Waals surface area contributed by atoms with Crippen LogP contribution in [-0.4, -0.2) is 43.7 Å². The number of anilines is 2. The fourth-order valence-electron chi connectivity index (χ4n) is 5.08. The van der Waals surface area contributed by atoms with Crippen LogP contribution in [0, 0.1) is 11.7 Å². The van der Waals surface area contributed by atoms with Crippen LogP contribution in [0.1, 0.15) is 37.9 Å². The second kappa shape index (κ2) is 9.09. The highest BCUT2D eigenvalue weighted by Gasteiger charge is 2.29. The number of nitrogens with one attached hydrogen (secondary N) is 1. The van der Waals surface area contributed by atoms with Gasteiger partial charge < -0.3 is 14.0 Å². The highest BCUT2D eigenvalue weighted by atomic mass is 19.1. The smallest absolute Gasteiger partial charge is 0.231 e. The molecule has 6 rings (SSSR count). The van der Waals surface area contributed by atoms with E-state index in [1.54, 1.807) is 24.5 Å². The fraction of sp³-hybridized carbons (Fsp3) is 0.400. The summed E-state index contributed by atoms with van der Waals surface area (Å²) in [5.74, 6) is 1.38. The van der Waals surface area contributed by atoms with E-state index in [-0.39, 0.29) is 23.5 Å². The van der Waals surface area contributed by atoms with Crippen molar-refractivity contribution in [3.05, 3.63) is 48.3 Å². The average molecular weight is 476 g/mol. The molecule has 3 aromatic heterocycles. The number of hydrogen-bond acceptors (Lipinski definition) is 7. The van der Waals surface area contributed by atoms with Gasteiger partial charge in [0.05, 0.1) is 5.92 Å². The first-order valence-electron chi connectivity index (χ1n) is 12.1. The summed E-state index contributed by atoms with van der Waals surface area (Å²) < 4.78 is 21.0. The highest BCUT2D eigenvalue weighted by Crippen LogP contribution is 2.30. The maximum absolute atomic E-state index is 13.5. The van der Waals surface area contributed by atoms with Crippen LogP contribution in [0.2, 0.25) is 0 Å². The predicted molar refractivity (Wildman–Crippen MR) is 128 cm³/mol. The van der Waals surface area contributed by atoms with Gasteiger partial charge in [-0.05, 0) is 37.8 Å². The van der Waals surface area contributed by atoms with E-state index in [1.165, 1.54) is 18.6 Å². The number of amides is 1. The lowest BCUT2D eigenvalue weighted by atomic mass is 9.97. The third kappa shape index (κ3) is 4.24. The zero-order chi connectivity index (χ0) is 23.8. The van der Waals surface area contributed by atoms with E-state index >= 15 is 0 Å². The molecule has 0 saturated carbocycles. The summed E-state index contributed by atoms with van der Waals surface area (Å²) in [5.41, 5.74) is 2.75. The van der Waals surface area contributed by atoms with Gasteiger partial charge in [0.1, 0.15) is 23.7 Å². The number of rotatable bonds is 4. The molecule has 35 heavy (non-hydrogen) atoms. The first-order chi connectivity index (χ1) is 17.2. The van der Waals surface area contributed by atoms with Crippen LogP contribution in [0.4, 0.5) is 16.1 Å². The molecule has 180 valence electrons. The Hall–Kier alpha value is -3.82. The topological polar surface area (TPSA) is 102 Å². The van der Waals surface area contributed by atoms with Crippen molar-refractivity contribution in [2.24, 2.45) is 5.92 Å². The molecule has 1 N–H and O–H groups in total. The third-order valence-corrected chi connectivity index (χ3v) is 6.84. The van der Waals surface area contributed by atoms with Gasteiger partial charge in [0.2, 0.25) is 11.8 Å². The predicted octanol–water partition coefficient (Wildman–Crippen LogP) is 4.20. The van der Waals surface area contributed by atoms with Crippen molar-refractivity contribution in [1.82, 2.24) is 24.7 Å². The van der Waals surface area contributed by atoms with E-state index in [0.717, 1.165) is 68.0 Å². The molecule has 0 spiro atoms. The van der Waals surface area contributed by atoms with E-state index in [4.69, 9.17) is 9.51 Å². The zero-order valence-electron chi connectivity index (χ0n) is 19.3. The summed E-state index contributed by atoms with van der Waals surface area (Å²) in [5, 5.41) is 6.80. The molecular weight excluding hydrogens is 449 g/mol. The first-order valence-corrected chi connectivity index (χ1v) is 12.1. The minimum absolute atomic E-state index is 0.137. The van der Waals surface area contributed by atoms with Crippen LogP contribution >= 0.6 is 0 Å². The quantitative estimate of drug-likeness (QED) is 0.472. The molecule has 1 aromatic carbocycles. The second-order valence-corrected chi connectivity index (χ2v) is 9.22. The van der Waals surface area contributed by atoms with E-state index in [1.807, 2.05) is 0 Å². The summed E-state index contributed by atoms with van der Waals surface area (Å²) in [6.45, 7) is 2.28. The lowest BCUT2D eigenvalue weighted by molar-refractivity contribution is -0.120. The molecule has 2 aliphatic rings. The molecule has 10 heteroatoms. The normalized spacial score (nSPS) is 18.3. The number of carbonyl (C=O) groups excluding carboxylic acids is 1. The number of aryl methyl sites for hydroxylation is 2. The van der Waals surface area contributed by atoms with Gasteiger partial charge in [-0.15, -0.1) is 0 Å². The number of nitrogens with zero attached hydrogens (tertiary/aromatic N) is 6. The van der Waals surface area contributed by atoms with Crippen molar-refractivity contribution in [3.63, 3.8) is 0 Å². The van der Waals surface area contributed by atoms with Gasteiger partial charge in [0.15, 0.2) is 17.0 Å². The molecule has 0 unspecified atom stereocenters. The molecule has 9 nitrogen and oxygen atoms in total. The second-order valence-electron chi connectivity index (χ2n) is 9.22. The molecule has 4 aromatic rings. The van der Waals surface area contributed by atoms with Gasteiger partial charge in [0.25, 0.3) is 0 Å². The Balaban J connectivity index is 1.19. The summed E-state index contributed by atoms with van der Waals surface area (Å²) >= 11 is 0. The average Bonchev–Trinajstić information content (AvgIpc) is 3.41. The molecule has 0 radical (unpaired) electrons. The van der Waals surface area contributed by atoms with Crippen molar-refractivity contribution >= 4 is 28.8 Å². The Morgan fingerprint density at radius 2 is 2.06 bits per heavy atom. The minimum Gasteiger partial charge on any atom is -0.354 e. The van der Waals surface area contributed by atoms with Crippen LogP contribution in [0.5, 0.6) is 0 Å². The van der Waals surface area contributed by atoms with E-state index in [0.29, 0.717) is 17.8 Å². The standard InChI is InChI=1S/C25H26FN7O2/c26-18-8-4-6-16(12-18)19-13-21(35-31-19)30-25(34)17-7-5-10-32(14-17)23-22-24(28-15-27-23)33-11-3-1-2-9-20(33)29-22/h4,6,8,12-13,15,17H,1-3,5,7,9-11,14H2,(H,30,34)/t17-/m1/s1. The van der Waals surface area contributed by atoms with Crippen molar-refractivity contribution in [2.45, 2.75) is 45.1 Å². The molecular formula is C25H26FN7O2. The number of imidazole rings is 1. The van der Waals surface area contributed by atoms with E-state index < -0.39 is 0 Å². The number of fused-ring (bicyclic) bond motifs is 3. The molecule has 5 heterocycles. The Morgan fingerprint density at radius 3 is 2.97 bits per heavy atom. The molecule has 1 amide bonds. The molecule has 0 aliphatic carbocycles. The lowest BCUT2D eigenvalue weighted by Crippen LogP contribution is -2.41. The Morgan fingerprint density at radius 1 is 1.11 bits per heavy atom. The maximum Gasteiger partial charge on any atom is 0.231 e. The van der Waals surface area contributed by atoms with Crippen LogP contribution < -0.4 is 10.2 Å². The zero-order valence-corrected chi connectivity index (χ0v) is 19.3. The maximum atomic E-state index is 13.5. The molecule has 2 aliphatic heterocycles.